The predicted octanol–water partition coefficient (Wildman–Crippen LogP) is 0.129. The van der Waals surface area contributed by atoms with Gasteiger partial charge in [-0.2, -0.15) is 23.5 Å². The van der Waals surface area contributed by atoms with Crippen molar-refractivity contribution in [1.29, 1.82) is 0 Å². The second kappa shape index (κ2) is 5.55. The lowest BCUT2D eigenvalue weighted by atomic mass is 10.5. The number of nitrogens with two attached hydrogens (primary N) is 1. The lowest BCUT2D eigenvalue weighted by Gasteiger charge is -2.18. The third kappa shape index (κ3) is 3.55. The first kappa shape index (κ1) is 10.0. The third-order valence-electron chi connectivity index (χ3n) is 1.46. The summed E-state index contributed by atoms with van der Waals surface area (Å²) in [6.07, 6.45) is 0. The molecule has 1 rings (SSSR count). The summed E-state index contributed by atoms with van der Waals surface area (Å²) < 4.78 is 0. The van der Waals surface area contributed by atoms with Gasteiger partial charge in [-0.05, 0) is 0 Å². The SMILES string of the molecule is NC(=NCC1CSCCS1)NO. The molecule has 0 aromatic carbocycles. The average molecular weight is 207 g/mol. The van der Waals surface area contributed by atoms with Crippen molar-refractivity contribution in [3.63, 3.8) is 0 Å². The summed E-state index contributed by atoms with van der Waals surface area (Å²) in [5, 5.41) is 8.90. The minimum Gasteiger partial charge on any atom is -0.368 e. The summed E-state index contributed by atoms with van der Waals surface area (Å²) in [7, 11) is 0. The van der Waals surface area contributed by atoms with Gasteiger partial charge in [0.2, 0.25) is 5.96 Å². The highest BCUT2D eigenvalue weighted by molar-refractivity contribution is 8.06. The maximum Gasteiger partial charge on any atom is 0.212 e. The van der Waals surface area contributed by atoms with Gasteiger partial charge in [0.05, 0.1) is 6.54 Å². The summed E-state index contributed by atoms with van der Waals surface area (Å²) in [4.78, 5) is 3.97. The molecule has 12 heavy (non-hydrogen) atoms. The van der Waals surface area contributed by atoms with Crippen LogP contribution in [0, 0.1) is 0 Å². The molecule has 1 saturated heterocycles. The van der Waals surface area contributed by atoms with Crippen molar-refractivity contribution < 1.29 is 5.21 Å². The molecule has 0 amide bonds. The van der Waals surface area contributed by atoms with Crippen molar-refractivity contribution >= 4 is 29.5 Å². The van der Waals surface area contributed by atoms with Crippen LogP contribution in [0.5, 0.6) is 0 Å². The first-order chi connectivity index (χ1) is 5.83. The number of hydrogen-bond donors (Lipinski definition) is 3. The highest BCUT2D eigenvalue weighted by Gasteiger charge is 2.13. The van der Waals surface area contributed by atoms with Crippen LogP contribution < -0.4 is 11.2 Å². The molecule has 1 atom stereocenters. The summed E-state index contributed by atoms with van der Waals surface area (Å²) >= 11 is 3.87. The molecule has 1 unspecified atom stereocenters. The number of hydroxylamine groups is 1. The Morgan fingerprint density at radius 1 is 1.67 bits per heavy atom. The van der Waals surface area contributed by atoms with Gasteiger partial charge >= 0.3 is 0 Å². The number of hydrogen-bond acceptors (Lipinski definition) is 4. The topological polar surface area (TPSA) is 70.6 Å². The number of nitrogens with zero attached hydrogens (tertiary/aromatic N) is 1. The van der Waals surface area contributed by atoms with Crippen LogP contribution in [-0.2, 0) is 0 Å². The molecule has 6 heteroatoms. The zero-order valence-electron chi connectivity index (χ0n) is 6.69. The Morgan fingerprint density at radius 3 is 3.08 bits per heavy atom. The van der Waals surface area contributed by atoms with Crippen LogP contribution in [0.2, 0.25) is 0 Å². The van der Waals surface area contributed by atoms with Gasteiger partial charge in [-0.15, -0.1) is 0 Å². The van der Waals surface area contributed by atoms with E-state index in [0.717, 1.165) is 5.75 Å². The smallest absolute Gasteiger partial charge is 0.212 e. The van der Waals surface area contributed by atoms with Gasteiger partial charge in [0, 0.05) is 22.5 Å². The second-order valence-corrected chi connectivity index (χ2v) is 4.96. The van der Waals surface area contributed by atoms with E-state index in [2.05, 4.69) is 4.99 Å². The van der Waals surface area contributed by atoms with Gasteiger partial charge in [0.1, 0.15) is 0 Å². The van der Waals surface area contributed by atoms with Crippen LogP contribution in [-0.4, -0.2) is 40.2 Å². The van der Waals surface area contributed by atoms with E-state index in [1.54, 1.807) is 0 Å². The van der Waals surface area contributed by atoms with Crippen LogP contribution in [0.25, 0.3) is 0 Å². The van der Waals surface area contributed by atoms with Crippen LogP contribution >= 0.6 is 23.5 Å². The van der Waals surface area contributed by atoms with E-state index in [9.17, 15) is 0 Å². The minimum absolute atomic E-state index is 0.103. The molecule has 0 aromatic heterocycles. The lowest BCUT2D eigenvalue weighted by molar-refractivity contribution is 0.232. The first-order valence-corrected chi connectivity index (χ1v) is 5.92. The molecule has 0 saturated carbocycles. The zero-order chi connectivity index (χ0) is 8.81. The van der Waals surface area contributed by atoms with Crippen molar-refractivity contribution in [3.8, 4) is 0 Å². The molecular weight excluding hydrogens is 194 g/mol. The monoisotopic (exact) mass is 207 g/mol. The van der Waals surface area contributed by atoms with Gasteiger partial charge in [0.25, 0.3) is 0 Å². The van der Waals surface area contributed by atoms with Gasteiger partial charge in [-0.1, -0.05) is 0 Å². The molecule has 0 radical (unpaired) electrons. The fraction of sp³-hybridized carbons (Fsp3) is 0.833. The van der Waals surface area contributed by atoms with Crippen molar-refractivity contribution in [2.45, 2.75) is 5.25 Å². The van der Waals surface area contributed by atoms with E-state index in [1.807, 2.05) is 29.0 Å². The van der Waals surface area contributed by atoms with Gasteiger partial charge < -0.3 is 5.73 Å². The molecule has 4 nitrogen and oxygen atoms in total. The van der Waals surface area contributed by atoms with Crippen molar-refractivity contribution in [1.82, 2.24) is 5.48 Å². The Hall–Kier alpha value is -0.0700. The molecule has 4 N–H and O–H groups in total. The molecule has 1 fully saturated rings. The van der Waals surface area contributed by atoms with Crippen LogP contribution in [0.1, 0.15) is 0 Å². The second-order valence-electron chi connectivity index (χ2n) is 2.41. The maximum atomic E-state index is 8.35. The molecule has 0 aliphatic carbocycles. The summed E-state index contributed by atoms with van der Waals surface area (Å²) in [5.74, 6) is 3.66. The predicted molar refractivity (Wildman–Crippen MR) is 55.0 cm³/mol. The standard InChI is InChI=1S/C6H13N3OS2/c7-6(9-10)8-3-5-4-11-1-2-12-5/h5,10H,1-4H2,(H3,7,8,9). The molecule has 1 heterocycles. The summed E-state index contributed by atoms with van der Waals surface area (Å²) in [5.41, 5.74) is 7.08. The number of nitrogens with one attached hydrogen (secondary N) is 1. The molecule has 0 bridgehead atoms. The quantitative estimate of drug-likeness (QED) is 0.341. The normalized spacial score (nSPS) is 25.4. The van der Waals surface area contributed by atoms with E-state index < -0.39 is 0 Å². The van der Waals surface area contributed by atoms with Crippen molar-refractivity contribution in [2.75, 3.05) is 23.8 Å². The van der Waals surface area contributed by atoms with E-state index in [1.165, 1.54) is 11.5 Å². The Kier molecular flexibility index (Phi) is 4.63. The molecule has 1 aliphatic rings. The average Bonchev–Trinajstić information content (AvgIpc) is 2.16. The lowest BCUT2D eigenvalue weighted by Crippen LogP contribution is -2.30. The van der Waals surface area contributed by atoms with Gasteiger partial charge in [0.15, 0.2) is 0 Å². The number of thioether (sulfide) groups is 2. The number of guanidine groups is 1. The summed E-state index contributed by atoms with van der Waals surface area (Å²) in [6, 6.07) is 0. The fourth-order valence-corrected chi connectivity index (χ4v) is 3.46. The zero-order valence-corrected chi connectivity index (χ0v) is 8.33. The molecule has 0 spiro atoms. The highest BCUT2D eigenvalue weighted by Crippen LogP contribution is 2.23. The highest BCUT2D eigenvalue weighted by atomic mass is 32.2. The summed E-state index contributed by atoms with van der Waals surface area (Å²) in [6.45, 7) is 0.692. The van der Waals surface area contributed by atoms with Crippen LogP contribution in [0.15, 0.2) is 4.99 Å². The Labute approximate surface area is 80.3 Å². The molecule has 70 valence electrons. The minimum atomic E-state index is 0.103. The molecule has 1 aliphatic heterocycles. The first-order valence-electron chi connectivity index (χ1n) is 3.72. The van der Waals surface area contributed by atoms with E-state index >= 15 is 0 Å². The Morgan fingerprint density at radius 2 is 2.50 bits per heavy atom. The fourth-order valence-electron chi connectivity index (χ4n) is 0.878. The van der Waals surface area contributed by atoms with Crippen LogP contribution in [0.3, 0.4) is 0 Å². The van der Waals surface area contributed by atoms with Gasteiger partial charge in [-0.3, -0.25) is 10.2 Å². The van der Waals surface area contributed by atoms with E-state index in [0.29, 0.717) is 11.8 Å². The Balaban J connectivity index is 2.21. The van der Waals surface area contributed by atoms with Crippen molar-refractivity contribution in [2.24, 2.45) is 10.7 Å². The third-order valence-corrected chi connectivity index (χ3v) is 4.29. The molecule has 0 aromatic rings. The molecular formula is C6H13N3OS2. The van der Waals surface area contributed by atoms with E-state index in [-0.39, 0.29) is 5.96 Å². The van der Waals surface area contributed by atoms with Crippen LogP contribution in [0.4, 0.5) is 0 Å². The Bertz CT molecular complexity index is 159. The largest absolute Gasteiger partial charge is 0.368 e. The van der Waals surface area contributed by atoms with Gasteiger partial charge in [-0.25, -0.2) is 5.48 Å². The number of aliphatic imine (C=N–C) groups is 1. The van der Waals surface area contributed by atoms with E-state index in [4.69, 9.17) is 10.9 Å². The number of rotatable bonds is 2. The maximum absolute atomic E-state index is 8.35. The van der Waals surface area contributed by atoms with Crippen molar-refractivity contribution in [3.05, 3.63) is 0 Å².